The first kappa shape index (κ1) is 26.9. The van der Waals surface area contributed by atoms with E-state index in [1.807, 2.05) is 66.7 Å². The molecule has 1 heterocycles. The Morgan fingerprint density at radius 3 is 2.16 bits per heavy atom. The molecule has 1 fully saturated rings. The van der Waals surface area contributed by atoms with Gasteiger partial charge in [0.05, 0.1) is 5.56 Å². The van der Waals surface area contributed by atoms with E-state index in [4.69, 9.17) is 9.47 Å². The number of amides is 3. The van der Waals surface area contributed by atoms with Crippen LogP contribution in [0, 0.1) is 0 Å². The maximum Gasteiger partial charge on any atom is 0.255 e. The second-order valence-electron chi connectivity index (χ2n) is 9.32. The molecular weight excluding hydrogens is 480 g/mol. The van der Waals surface area contributed by atoms with Gasteiger partial charge in [-0.2, -0.15) is 0 Å². The lowest BCUT2D eigenvalue weighted by molar-refractivity contribution is -0.141. The average Bonchev–Trinajstić information content (AvgIpc) is 3.39. The SMILES string of the molecule is O=C(NCCCCCC(=O)N1CCCC1=O)c1cc(OCc2ccccc2)ccc1OCc1ccccc1. The highest BCUT2D eigenvalue weighted by Crippen LogP contribution is 2.26. The number of rotatable bonds is 13. The lowest BCUT2D eigenvalue weighted by Crippen LogP contribution is -2.31. The van der Waals surface area contributed by atoms with E-state index < -0.39 is 0 Å². The first-order valence-electron chi connectivity index (χ1n) is 13.2. The third-order valence-corrected chi connectivity index (χ3v) is 6.41. The molecule has 1 aliphatic rings. The van der Waals surface area contributed by atoms with Gasteiger partial charge in [0.2, 0.25) is 11.8 Å². The Balaban J connectivity index is 1.30. The van der Waals surface area contributed by atoms with Gasteiger partial charge in [-0.25, -0.2) is 0 Å². The number of imide groups is 1. The summed E-state index contributed by atoms with van der Waals surface area (Å²) in [7, 11) is 0. The highest BCUT2D eigenvalue weighted by Gasteiger charge is 2.25. The summed E-state index contributed by atoms with van der Waals surface area (Å²) in [6.45, 7) is 1.76. The van der Waals surface area contributed by atoms with Crippen molar-refractivity contribution in [2.45, 2.75) is 51.7 Å². The zero-order valence-electron chi connectivity index (χ0n) is 21.6. The maximum atomic E-state index is 13.1. The van der Waals surface area contributed by atoms with E-state index in [9.17, 15) is 14.4 Å². The van der Waals surface area contributed by atoms with E-state index in [1.165, 1.54) is 4.90 Å². The molecule has 3 amide bonds. The molecule has 3 aromatic rings. The van der Waals surface area contributed by atoms with Crippen LogP contribution in [0.1, 0.15) is 60.0 Å². The summed E-state index contributed by atoms with van der Waals surface area (Å²) in [5.41, 5.74) is 2.46. The minimum absolute atomic E-state index is 0.0671. The number of likely N-dealkylation sites (tertiary alicyclic amines) is 1. The molecule has 0 atom stereocenters. The molecule has 1 saturated heterocycles. The first-order valence-corrected chi connectivity index (χ1v) is 13.2. The molecular formula is C31H34N2O5. The second kappa shape index (κ2) is 14.0. The van der Waals surface area contributed by atoms with Gasteiger partial charge in [0, 0.05) is 25.9 Å². The van der Waals surface area contributed by atoms with Crippen molar-refractivity contribution in [3.8, 4) is 11.5 Å². The van der Waals surface area contributed by atoms with E-state index in [1.54, 1.807) is 12.1 Å². The van der Waals surface area contributed by atoms with Gasteiger partial charge in [-0.15, -0.1) is 0 Å². The van der Waals surface area contributed by atoms with Crippen LogP contribution in [0.4, 0.5) is 0 Å². The van der Waals surface area contributed by atoms with Crippen molar-refractivity contribution in [3.05, 3.63) is 95.6 Å². The summed E-state index contributed by atoms with van der Waals surface area (Å²) in [6.07, 6.45) is 3.78. The van der Waals surface area contributed by atoms with Crippen molar-refractivity contribution in [1.29, 1.82) is 0 Å². The summed E-state index contributed by atoms with van der Waals surface area (Å²) in [6, 6.07) is 24.9. The zero-order valence-corrected chi connectivity index (χ0v) is 21.6. The van der Waals surface area contributed by atoms with Crippen molar-refractivity contribution in [2.75, 3.05) is 13.1 Å². The molecule has 7 nitrogen and oxygen atoms in total. The summed E-state index contributed by atoms with van der Waals surface area (Å²) in [5.74, 6) is 0.670. The summed E-state index contributed by atoms with van der Waals surface area (Å²) in [4.78, 5) is 38.3. The third kappa shape index (κ3) is 7.93. The number of nitrogens with zero attached hydrogens (tertiary/aromatic N) is 1. The van der Waals surface area contributed by atoms with Crippen LogP contribution in [0.5, 0.6) is 11.5 Å². The minimum Gasteiger partial charge on any atom is -0.489 e. The van der Waals surface area contributed by atoms with E-state index in [2.05, 4.69) is 5.32 Å². The maximum absolute atomic E-state index is 13.1. The van der Waals surface area contributed by atoms with Crippen LogP contribution in [0.25, 0.3) is 0 Å². The van der Waals surface area contributed by atoms with Crippen molar-refractivity contribution >= 4 is 17.7 Å². The van der Waals surface area contributed by atoms with Crippen LogP contribution in [0.15, 0.2) is 78.9 Å². The number of ether oxygens (including phenoxy) is 2. The standard InChI is InChI=1S/C31H34N2O5/c34-29(33-20-10-16-30(33)35)15-8-3-9-19-32-31(36)27-21-26(37-22-24-11-4-1-5-12-24)17-18-28(27)38-23-25-13-6-2-7-14-25/h1-2,4-7,11-14,17-18,21H,3,8-10,15-16,19-20,22-23H2,(H,32,36). The predicted octanol–water partition coefficient (Wildman–Crippen LogP) is 5.28. The number of hydrogen-bond acceptors (Lipinski definition) is 5. The molecule has 0 aliphatic carbocycles. The van der Waals surface area contributed by atoms with Crippen LogP contribution in [0.2, 0.25) is 0 Å². The Morgan fingerprint density at radius 1 is 0.816 bits per heavy atom. The molecule has 1 N–H and O–H groups in total. The van der Waals surface area contributed by atoms with Gasteiger partial charge in [0.15, 0.2) is 0 Å². The largest absolute Gasteiger partial charge is 0.489 e. The average molecular weight is 515 g/mol. The zero-order chi connectivity index (χ0) is 26.6. The lowest BCUT2D eigenvalue weighted by atomic mass is 10.1. The number of nitrogens with one attached hydrogen (secondary N) is 1. The lowest BCUT2D eigenvalue weighted by Gasteiger charge is -2.15. The van der Waals surface area contributed by atoms with Gasteiger partial charge in [0.1, 0.15) is 24.7 Å². The smallest absolute Gasteiger partial charge is 0.255 e. The molecule has 0 radical (unpaired) electrons. The molecule has 3 aromatic carbocycles. The molecule has 7 heteroatoms. The molecule has 198 valence electrons. The van der Waals surface area contributed by atoms with Gasteiger partial charge in [-0.1, -0.05) is 67.1 Å². The van der Waals surface area contributed by atoms with Crippen molar-refractivity contribution in [2.24, 2.45) is 0 Å². The summed E-state index contributed by atoms with van der Waals surface area (Å²) < 4.78 is 11.9. The molecule has 4 rings (SSSR count). The fourth-order valence-corrected chi connectivity index (χ4v) is 4.30. The fraction of sp³-hybridized carbons (Fsp3) is 0.323. The van der Waals surface area contributed by atoms with Gasteiger partial charge in [-0.05, 0) is 48.6 Å². The molecule has 1 aliphatic heterocycles. The number of hydrogen-bond donors (Lipinski definition) is 1. The minimum atomic E-state index is -0.239. The summed E-state index contributed by atoms with van der Waals surface area (Å²) >= 11 is 0. The van der Waals surface area contributed by atoms with E-state index >= 15 is 0 Å². The van der Waals surface area contributed by atoms with E-state index in [0.29, 0.717) is 62.6 Å². The Bertz CT molecular complexity index is 1210. The van der Waals surface area contributed by atoms with Crippen LogP contribution in [-0.4, -0.2) is 35.7 Å². The Hall–Kier alpha value is -4.13. The third-order valence-electron chi connectivity index (χ3n) is 6.41. The fourth-order valence-electron chi connectivity index (χ4n) is 4.30. The molecule has 0 spiro atoms. The predicted molar refractivity (Wildman–Crippen MR) is 145 cm³/mol. The Labute approximate surface area is 223 Å². The van der Waals surface area contributed by atoms with Crippen LogP contribution < -0.4 is 14.8 Å². The van der Waals surface area contributed by atoms with Crippen LogP contribution >= 0.6 is 0 Å². The Morgan fingerprint density at radius 2 is 1.50 bits per heavy atom. The van der Waals surface area contributed by atoms with Gasteiger partial charge in [-0.3, -0.25) is 19.3 Å². The van der Waals surface area contributed by atoms with Gasteiger partial charge < -0.3 is 14.8 Å². The van der Waals surface area contributed by atoms with Gasteiger partial charge >= 0.3 is 0 Å². The molecule has 0 aromatic heterocycles. The molecule has 0 bridgehead atoms. The first-order chi connectivity index (χ1) is 18.6. The van der Waals surface area contributed by atoms with Gasteiger partial charge in [0.25, 0.3) is 5.91 Å². The highest BCUT2D eigenvalue weighted by atomic mass is 16.5. The normalized spacial score (nSPS) is 12.8. The number of unbranched alkanes of at least 4 members (excludes halogenated alkanes) is 2. The monoisotopic (exact) mass is 514 g/mol. The van der Waals surface area contributed by atoms with Crippen LogP contribution in [0.3, 0.4) is 0 Å². The Kier molecular flexibility index (Phi) is 9.90. The van der Waals surface area contributed by atoms with Crippen LogP contribution in [-0.2, 0) is 22.8 Å². The second-order valence-corrected chi connectivity index (χ2v) is 9.32. The summed E-state index contributed by atoms with van der Waals surface area (Å²) in [5, 5.41) is 2.96. The van der Waals surface area contributed by atoms with E-state index in [-0.39, 0.29) is 17.7 Å². The number of carbonyl (C=O) groups excluding carboxylic acids is 3. The topological polar surface area (TPSA) is 84.9 Å². The van der Waals surface area contributed by atoms with Crippen molar-refractivity contribution in [3.63, 3.8) is 0 Å². The van der Waals surface area contributed by atoms with Crippen molar-refractivity contribution < 1.29 is 23.9 Å². The quantitative estimate of drug-likeness (QED) is 0.314. The number of carbonyl (C=O) groups is 3. The molecule has 0 unspecified atom stereocenters. The molecule has 38 heavy (non-hydrogen) atoms. The van der Waals surface area contributed by atoms with Crippen molar-refractivity contribution in [1.82, 2.24) is 10.2 Å². The highest BCUT2D eigenvalue weighted by molar-refractivity contribution is 5.97. The molecule has 0 saturated carbocycles. The van der Waals surface area contributed by atoms with E-state index in [0.717, 1.165) is 30.4 Å². The number of benzene rings is 3.